The number of carbonyl (C=O) groups excluding carboxylic acids is 2. The first kappa shape index (κ1) is 14.6. The van der Waals surface area contributed by atoms with Crippen LogP contribution in [0, 0.1) is 5.92 Å². The van der Waals surface area contributed by atoms with Gasteiger partial charge in [-0.25, -0.2) is 0 Å². The first-order chi connectivity index (χ1) is 10.0. The summed E-state index contributed by atoms with van der Waals surface area (Å²) in [5, 5.41) is 0. The second kappa shape index (κ2) is 5.79. The maximum absolute atomic E-state index is 12.6. The van der Waals surface area contributed by atoms with Crippen LogP contribution in [0.4, 0.5) is 0 Å². The Kier molecular flexibility index (Phi) is 4.02. The first-order valence-electron chi connectivity index (χ1n) is 7.36. The van der Waals surface area contributed by atoms with Crippen LogP contribution in [0.3, 0.4) is 0 Å². The van der Waals surface area contributed by atoms with E-state index in [9.17, 15) is 9.59 Å². The van der Waals surface area contributed by atoms with Gasteiger partial charge in [0.15, 0.2) is 0 Å². The van der Waals surface area contributed by atoms with Crippen molar-refractivity contribution in [2.24, 2.45) is 5.92 Å². The van der Waals surface area contributed by atoms with Gasteiger partial charge in [-0.2, -0.15) is 0 Å². The van der Waals surface area contributed by atoms with Crippen molar-refractivity contribution in [1.29, 1.82) is 0 Å². The SMILES string of the molecule is CC(=O)N1CCN(C(=O)C2Cc3ccc(Br)cc3C2)CC1. The van der Waals surface area contributed by atoms with Crippen LogP contribution < -0.4 is 0 Å². The Morgan fingerprint density at radius 1 is 1.05 bits per heavy atom. The Hall–Kier alpha value is -1.36. The summed E-state index contributed by atoms with van der Waals surface area (Å²) in [6, 6.07) is 6.27. The van der Waals surface area contributed by atoms with Gasteiger partial charge in [-0.05, 0) is 36.1 Å². The van der Waals surface area contributed by atoms with Gasteiger partial charge in [0.1, 0.15) is 0 Å². The molecule has 5 heteroatoms. The van der Waals surface area contributed by atoms with E-state index in [1.54, 1.807) is 6.92 Å². The molecule has 0 spiro atoms. The molecule has 112 valence electrons. The summed E-state index contributed by atoms with van der Waals surface area (Å²) >= 11 is 3.49. The van der Waals surface area contributed by atoms with E-state index in [1.165, 1.54) is 11.1 Å². The smallest absolute Gasteiger partial charge is 0.226 e. The van der Waals surface area contributed by atoms with Gasteiger partial charge in [-0.3, -0.25) is 9.59 Å². The molecule has 0 aromatic heterocycles. The summed E-state index contributed by atoms with van der Waals surface area (Å²) in [5.41, 5.74) is 2.57. The fraction of sp³-hybridized carbons (Fsp3) is 0.500. The lowest BCUT2D eigenvalue weighted by Gasteiger charge is -2.35. The highest BCUT2D eigenvalue weighted by molar-refractivity contribution is 9.10. The predicted octanol–water partition coefficient (Wildman–Crippen LogP) is 1.85. The molecule has 21 heavy (non-hydrogen) atoms. The lowest BCUT2D eigenvalue weighted by molar-refractivity contribution is -0.141. The molecule has 0 saturated carbocycles. The molecule has 1 aromatic carbocycles. The standard InChI is InChI=1S/C16H19BrN2O2/c1-11(20)18-4-6-19(7-5-18)16(21)14-8-12-2-3-15(17)10-13(12)9-14/h2-3,10,14H,4-9H2,1H3. The summed E-state index contributed by atoms with van der Waals surface area (Å²) in [4.78, 5) is 27.7. The van der Waals surface area contributed by atoms with Gasteiger partial charge in [0, 0.05) is 43.5 Å². The van der Waals surface area contributed by atoms with Crippen molar-refractivity contribution in [3.63, 3.8) is 0 Å². The second-order valence-electron chi connectivity index (χ2n) is 5.85. The molecule has 0 N–H and O–H groups in total. The molecule has 2 aliphatic rings. The quantitative estimate of drug-likeness (QED) is 0.775. The van der Waals surface area contributed by atoms with Crippen molar-refractivity contribution < 1.29 is 9.59 Å². The zero-order chi connectivity index (χ0) is 15.0. The maximum Gasteiger partial charge on any atom is 0.226 e. The summed E-state index contributed by atoms with van der Waals surface area (Å²) in [6.45, 7) is 4.23. The Labute approximate surface area is 133 Å². The Bertz CT molecular complexity index is 580. The van der Waals surface area contributed by atoms with Crippen molar-refractivity contribution in [1.82, 2.24) is 9.80 Å². The number of halogens is 1. The minimum atomic E-state index is 0.0678. The number of piperazine rings is 1. The number of rotatable bonds is 1. The van der Waals surface area contributed by atoms with E-state index < -0.39 is 0 Å². The summed E-state index contributed by atoms with van der Waals surface area (Å²) in [5.74, 6) is 0.406. The Morgan fingerprint density at radius 3 is 2.33 bits per heavy atom. The monoisotopic (exact) mass is 350 g/mol. The van der Waals surface area contributed by atoms with Crippen molar-refractivity contribution in [2.45, 2.75) is 19.8 Å². The van der Waals surface area contributed by atoms with Crippen LogP contribution in [0.2, 0.25) is 0 Å². The van der Waals surface area contributed by atoms with E-state index in [2.05, 4.69) is 28.1 Å². The molecule has 0 radical (unpaired) electrons. The minimum Gasteiger partial charge on any atom is -0.339 e. The Balaban J connectivity index is 1.62. The zero-order valence-electron chi connectivity index (χ0n) is 12.1. The van der Waals surface area contributed by atoms with Crippen LogP contribution in [0.5, 0.6) is 0 Å². The van der Waals surface area contributed by atoms with Crippen LogP contribution in [0.25, 0.3) is 0 Å². The number of carbonyl (C=O) groups is 2. The normalized spacial score (nSPS) is 21.3. The molecular weight excluding hydrogens is 332 g/mol. The van der Waals surface area contributed by atoms with Gasteiger partial charge < -0.3 is 9.80 Å². The number of hydrogen-bond donors (Lipinski definition) is 0. The zero-order valence-corrected chi connectivity index (χ0v) is 13.7. The first-order valence-corrected chi connectivity index (χ1v) is 8.15. The second-order valence-corrected chi connectivity index (χ2v) is 6.77. The maximum atomic E-state index is 12.6. The molecule has 0 bridgehead atoms. The van der Waals surface area contributed by atoms with Crippen molar-refractivity contribution >= 4 is 27.7 Å². The largest absolute Gasteiger partial charge is 0.339 e. The molecule has 2 amide bonds. The molecule has 4 nitrogen and oxygen atoms in total. The van der Waals surface area contributed by atoms with Gasteiger partial charge in [-0.1, -0.05) is 22.0 Å². The van der Waals surface area contributed by atoms with Crippen LogP contribution >= 0.6 is 15.9 Å². The highest BCUT2D eigenvalue weighted by Crippen LogP contribution is 2.30. The van der Waals surface area contributed by atoms with Crippen molar-refractivity contribution in [3.8, 4) is 0 Å². The van der Waals surface area contributed by atoms with Crippen LogP contribution in [-0.2, 0) is 22.4 Å². The van der Waals surface area contributed by atoms with Gasteiger partial charge in [-0.15, -0.1) is 0 Å². The molecule has 1 fully saturated rings. The third kappa shape index (κ3) is 2.98. The van der Waals surface area contributed by atoms with Gasteiger partial charge in [0.05, 0.1) is 0 Å². The Morgan fingerprint density at radius 2 is 1.67 bits per heavy atom. The molecule has 3 rings (SSSR count). The van der Waals surface area contributed by atoms with E-state index in [1.807, 2.05) is 15.9 Å². The highest BCUT2D eigenvalue weighted by atomic mass is 79.9. The average Bonchev–Trinajstić information content (AvgIpc) is 2.89. The summed E-state index contributed by atoms with van der Waals surface area (Å²) < 4.78 is 1.07. The number of hydrogen-bond acceptors (Lipinski definition) is 2. The van der Waals surface area contributed by atoms with Crippen molar-refractivity contribution in [3.05, 3.63) is 33.8 Å². The predicted molar refractivity (Wildman–Crippen MR) is 83.9 cm³/mol. The lowest BCUT2D eigenvalue weighted by atomic mass is 10.0. The van der Waals surface area contributed by atoms with E-state index in [4.69, 9.17) is 0 Å². The molecule has 1 aliphatic heterocycles. The summed E-state index contributed by atoms with van der Waals surface area (Å²) in [7, 11) is 0. The van der Waals surface area contributed by atoms with Gasteiger partial charge >= 0.3 is 0 Å². The fourth-order valence-corrected chi connectivity index (χ4v) is 3.67. The molecule has 1 atom stereocenters. The molecule has 1 saturated heterocycles. The number of nitrogens with zero attached hydrogens (tertiary/aromatic N) is 2. The van der Waals surface area contributed by atoms with Gasteiger partial charge in [0.2, 0.25) is 11.8 Å². The number of amides is 2. The molecule has 1 heterocycles. The minimum absolute atomic E-state index is 0.0678. The molecule has 1 aromatic rings. The average molecular weight is 351 g/mol. The highest BCUT2D eigenvalue weighted by Gasteiger charge is 2.32. The molecule has 1 unspecified atom stereocenters. The van der Waals surface area contributed by atoms with E-state index >= 15 is 0 Å². The fourth-order valence-electron chi connectivity index (χ4n) is 3.26. The summed E-state index contributed by atoms with van der Waals surface area (Å²) in [6.07, 6.45) is 1.68. The van der Waals surface area contributed by atoms with E-state index in [-0.39, 0.29) is 17.7 Å². The van der Waals surface area contributed by atoms with Gasteiger partial charge in [0.25, 0.3) is 0 Å². The van der Waals surface area contributed by atoms with Crippen molar-refractivity contribution in [2.75, 3.05) is 26.2 Å². The lowest BCUT2D eigenvalue weighted by Crippen LogP contribution is -2.51. The van der Waals surface area contributed by atoms with Crippen LogP contribution in [0.15, 0.2) is 22.7 Å². The van der Waals surface area contributed by atoms with Crippen LogP contribution in [-0.4, -0.2) is 47.8 Å². The topological polar surface area (TPSA) is 40.6 Å². The van der Waals surface area contributed by atoms with Crippen LogP contribution in [0.1, 0.15) is 18.1 Å². The molecule has 1 aliphatic carbocycles. The molecular formula is C16H19BrN2O2. The number of benzene rings is 1. The van der Waals surface area contributed by atoms with E-state index in [0.29, 0.717) is 26.2 Å². The number of fused-ring (bicyclic) bond motifs is 1. The third-order valence-corrected chi connectivity index (χ3v) is 4.98. The third-order valence-electron chi connectivity index (χ3n) is 4.49. The van der Waals surface area contributed by atoms with E-state index in [0.717, 1.165) is 17.3 Å².